The fraction of sp³-hybridized carbons (Fsp3) is 0.318. The maximum Gasteiger partial charge on any atom is 0.434 e. The van der Waals surface area contributed by atoms with E-state index in [1.807, 2.05) is 0 Å². The van der Waals surface area contributed by atoms with Crippen molar-refractivity contribution in [2.24, 2.45) is 0 Å². The molecule has 3 rings (SSSR count). The highest BCUT2D eigenvalue weighted by Crippen LogP contribution is 2.28. The summed E-state index contributed by atoms with van der Waals surface area (Å²) in [5.41, 5.74) is -0.189. The average Bonchev–Trinajstić information content (AvgIpc) is 3.07. The fourth-order valence-corrected chi connectivity index (χ4v) is 3.72. The second-order valence-corrected chi connectivity index (χ2v) is 9.03. The first kappa shape index (κ1) is 24.3. The van der Waals surface area contributed by atoms with Crippen molar-refractivity contribution in [3.8, 4) is 0 Å². The second kappa shape index (κ2) is 9.26. The van der Waals surface area contributed by atoms with Crippen molar-refractivity contribution in [3.05, 3.63) is 69.7 Å². The van der Waals surface area contributed by atoms with Crippen molar-refractivity contribution >= 4 is 29.1 Å². The lowest BCUT2D eigenvalue weighted by Crippen LogP contribution is -2.23. The van der Waals surface area contributed by atoms with E-state index in [0.717, 1.165) is 11.5 Å². The van der Waals surface area contributed by atoms with E-state index in [4.69, 9.17) is 4.74 Å². The number of benzene rings is 1. The van der Waals surface area contributed by atoms with Crippen molar-refractivity contribution in [1.82, 2.24) is 14.3 Å². The van der Waals surface area contributed by atoms with Crippen molar-refractivity contribution in [2.75, 3.05) is 5.32 Å². The molecule has 0 aliphatic heterocycles. The minimum Gasteiger partial charge on any atom is -0.456 e. The maximum absolute atomic E-state index is 12.9. The first-order valence-electron chi connectivity index (χ1n) is 9.81. The molecule has 174 valence electrons. The lowest BCUT2D eigenvalue weighted by molar-refractivity contribution is -0.141. The summed E-state index contributed by atoms with van der Waals surface area (Å²) < 4.78 is 48.2. The number of hydrogen-bond donors (Lipinski definition) is 1. The van der Waals surface area contributed by atoms with Crippen LogP contribution in [0.2, 0.25) is 0 Å². The highest BCUT2D eigenvalue weighted by Gasteiger charge is 2.33. The van der Waals surface area contributed by atoms with Crippen LogP contribution in [-0.4, -0.2) is 31.8 Å². The monoisotopic (exact) mass is 478 g/mol. The number of nitrogens with zero attached hydrogens (tertiary/aromatic N) is 3. The summed E-state index contributed by atoms with van der Waals surface area (Å²) in [7, 11) is 0. The summed E-state index contributed by atoms with van der Waals surface area (Å²) in [5, 5.41) is 2.72. The van der Waals surface area contributed by atoms with Crippen LogP contribution in [-0.2, 0) is 17.3 Å². The molecule has 0 aliphatic rings. The molecule has 0 aliphatic carbocycles. The van der Waals surface area contributed by atoms with Crippen LogP contribution >= 0.6 is 11.5 Å². The number of amides is 1. The van der Waals surface area contributed by atoms with Gasteiger partial charge < -0.3 is 10.1 Å². The Bertz CT molecular complexity index is 1170. The van der Waals surface area contributed by atoms with Gasteiger partial charge in [0.05, 0.1) is 28.7 Å². The number of rotatable bonds is 5. The van der Waals surface area contributed by atoms with Gasteiger partial charge in [-0.15, -0.1) is 0 Å². The van der Waals surface area contributed by atoms with Gasteiger partial charge in [0.25, 0.3) is 5.91 Å². The van der Waals surface area contributed by atoms with Crippen LogP contribution in [0.5, 0.6) is 0 Å². The molecule has 11 heteroatoms. The van der Waals surface area contributed by atoms with Gasteiger partial charge in [0, 0.05) is 23.2 Å². The number of aryl methyl sites for hydroxylation is 1. The number of ether oxygens (including phenoxy) is 1. The minimum absolute atomic E-state index is 0.0250. The van der Waals surface area contributed by atoms with E-state index in [2.05, 4.69) is 19.7 Å². The van der Waals surface area contributed by atoms with Crippen molar-refractivity contribution < 1.29 is 27.5 Å². The molecule has 0 saturated carbocycles. The van der Waals surface area contributed by atoms with Crippen molar-refractivity contribution in [2.45, 2.75) is 45.9 Å². The largest absolute Gasteiger partial charge is 0.456 e. The molecule has 1 amide bonds. The summed E-state index contributed by atoms with van der Waals surface area (Å²) >= 11 is 1.01. The third-order valence-electron chi connectivity index (χ3n) is 4.25. The maximum atomic E-state index is 12.9. The number of halogens is 3. The van der Waals surface area contributed by atoms with Gasteiger partial charge in [0.1, 0.15) is 5.60 Å². The third kappa shape index (κ3) is 6.35. The summed E-state index contributed by atoms with van der Waals surface area (Å²) in [6.45, 7) is 6.93. The highest BCUT2D eigenvalue weighted by atomic mass is 32.1. The number of alkyl halides is 3. The fourth-order valence-electron chi connectivity index (χ4n) is 2.84. The van der Waals surface area contributed by atoms with Crippen LogP contribution in [0.15, 0.2) is 36.7 Å². The predicted molar refractivity (Wildman–Crippen MR) is 116 cm³/mol. The Labute approximate surface area is 192 Å². The minimum atomic E-state index is -4.61. The van der Waals surface area contributed by atoms with E-state index in [1.165, 1.54) is 18.3 Å². The summed E-state index contributed by atoms with van der Waals surface area (Å²) in [4.78, 5) is 32.7. The molecule has 0 radical (unpaired) electrons. The lowest BCUT2D eigenvalue weighted by atomic mass is 10.1. The van der Waals surface area contributed by atoms with Gasteiger partial charge in [-0.05, 0) is 63.5 Å². The molecular weight excluding hydrogens is 457 g/mol. The van der Waals surface area contributed by atoms with Crippen molar-refractivity contribution in [1.29, 1.82) is 0 Å². The number of esters is 1. The van der Waals surface area contributed by atoms with Crippen LogP contribution in [0.4, 0.5) is 18.9 Å². The summed E-state index contributed by atoms with van der Waals surface area (Å²) in [6.07, 6.45) is -2.77. The Morgan fingerprint density at radius 2 is 1.76 bits per heavy atom. The molecule has 0 bridgehead atoms. The molecule has 0 unspecified atom stereocenters. The van der Waals surface area contributed by atoms with Gasteiger partial charge in [-0.25, -0.2) is 9.78 Å². The molecule has 0 fully saturated rings. The van der Waals surface area contributed by atoms with Crippen molar-refractivity contribution in [3.63, 3.8) is 0 Å². The van der Waals surface area contributed by atoms with Gasteiger partial charge in [0.15, 0.2) is 5.69 Å². The predicted octanol–water partition coefficient (Wildman–Crippen LogP) is 5.06. The Morgan fingerprint density at radius 3 is 2.36 bits per heavy atom. The summed E-state index contributed by atoms with van der Waals surface area (Å²) in [5.74, 6) is -0.955. The van der Waals surface area contributed by atoms with Crippen LogP contribution in [0.1, 0.15) is 63.4 Å². The van der Waals surface area contributed by atoms with Gasteiger partial charge in [0.2, 0.25) is 0 Å². The number of carbonyl (C=O) groups excluding carboxylic acids is 2. The molecule has 1 N–H and O–H groups in total. The van der Waals surface area contributed by atoms with E-state index in [9.17, 15) is 22.8 Å². The molecule has 2 heterocycles. The Hall–Kier alpha value is -3.34. The van der Waals surface area contributed by atoms with Crippen LogP contribution < -0.4 is 5.32 Å². The molecule has 1 aromatic carbocycles. The van der Waals surface area contributed by atoms with E-state index < -0.39 is 29.3 Å². The molecule has 0 spiro atoms. The smallest absolute Gasteiger partial charge is 0.434 e. The van der Waals surface area contributed by atoms with Crippen LogP contribution in [0.25, 0.3) is 0 Å². The van der Waals surface area contributed by atoms with Gasteiger partial charge in [-0.3, -0.25) is 9.78 Å². The lowest BCUT2D eigenvalue weighted by Gasteiger charge is -2.19. The van der Waals surface area contributed by atoms with E-state index in [-0.39, 0.29) is 17.7 Å². The molecule has 0 saturated heterocycles. The number of carbonyl (C=O) groups is 2. The molecule has 0 atom stereocenters. The van der Waals surface area contributed by atoms with E-state index >= 15 is 0 Å². The zero-order chi connectivity index (χ0) is 24.4. The Morgan fingerprint density at radius 1 is 1.09 bits per heavy atom. The standard InChI is InChI=1S/C22H21F3N4O3S/c1-12-18(16(33-29-12)9-15-10-26-11-17(27-15)22(23,24)25)19(30)28-14-7-5-13(6-8-14)20(31)32-21(2,3)4/h5-8,10-11H,9H2,1-4H3,(H,28,30). The topological polar surface area (TPSA) is 94.1 Å². The Kier molecular flexibility index (Phi) is 6.82. The van der Waals surface area contributed by atoms with Crippen LogP contribution in [0, 0.1) is 6.92 Å². The average molecular weight is 478 g/mol. The summed E-state index contributed by atoms with van der Waals surface area (Å²) in [6, 6.07) is 6.18. The van der Waals surface area contributed by atoms with E-state index in [0.29, 0.717) is 28.0 Å². The molecule has 2 aromatic heterocycles. The number of nitrogens with one attached hydrogen (secondary N) is 1. The zero-order valence-corrected chi connectivity index (χ0v) is 19.1. The first-order chi connectivity index (χ1) is 15.3. The normalized spacial score (nSPS) is 11.8. The van der Waals surface area contributed by atoms with Gasteiger partial charge >= 0.3 is 12.1 Å². The molecule has 3 aromatic rings. The number of aromatic nitrogens is 3. The quantitative estimate of drug-likeness (QED) is 0.515. The van der Waals surface area contributed by atoms with Gasteiger partial charge in [-0.2, -0.15) is 17.5 Å². The molecule has 7 nitrogen and oxygen atoms in total. The first-order valence-corrected chi connectivity index (χ1v) is 10.6. The number of anilines is 1. The highest BCUT2D eigenvalue weighted by molar-refractivity contribution is 7.06. The van der Waals surface area contributed by atoms with E-state index in [1.54, 1.807) is 39.8 Å². The SMILES string of the molecule is Cc1nsc(Cc2cncc(C(F)(F)F)n2)c1C(=O)Nc1ccc(C(=O)OC(C)(C)C)cc1. The zero-order valence-electron chi connectivity index (χ0n) is 18.3. The number of hydrogen-bond acceptors (Lipinski definition) is 7. The second-order valence-electron chi connectivity index (χ2n) is 8.17. The van der Waals surface area contributed by atoms with Crippen LogP contribution in [0.3, 0.4) is 0 Å². The molecule has 33 heavy (non-hydrogen) atoms. The van der Waals surface area contributed by atoms with Gasteiger partial charge in [-0.1, -0.05) is 0 Å². The molecular formula is C22H21F3N4O3S. The third-order valence-corrected chi connectivity index (χ3v) is 5.19. The Balaban J connectivity index is 1.76.